The van der Waals surface area contributed by atoms with Crippen molar-refractivity contribution in [3.05, 3.63) is 72.9 Å². The van der Waals surface area contributed by atoms with Gasteiger partial charge in [-0.1, -0.05) is 145 Å². The molecule has 9 heteroatoms. The Morgan fingerprint density at radius 3 is 1.83 bits per heavy atom. The van der Waals surface area contributed by atoms with E-state index in [0.717, 1.165) is 44.9 Å². The summed E-state index contributed by atoms with van der Waals surface area (Å²) < 4.78 is 11.1. The first-order valence-electron chi connectivity index (χ1n) is 20.2. The Morgan fingerprint density at radius 2 is 1.21 bits per heavy atom. The third-order valence-corrected chi connectivity index (χ3v) is 9.03. The molecule has 0 aliphatic carbocycles. The van der Waals surface area contributed by atoms with Crippen LogP contribution in [0.25, 0.3) is 0 Å². The Labute approximate surface area is 315 Å². The number of unbranched alkanes of at least 4 members (excludes halogenated alkanes) is 11. The van der Waals surface area contributed by atoms with Crippen LogP contribution < -0.4 is 5.32 Å². The molecule has 7 unspecified atom stereocenters. The van der Waals surface area contributed by atoms with Crippen molar-refractivity contribution in [2.75, 3.05) is 13.2 Å². The minimum Gasteiger partial charge on any atom is -0.394 e. The van der Waals surface area contributed by atoms with Gasteiger partial charge in [0, 0.05) is 6.42 Å². The number of ether oxygens (including phenoxy) is 2. The highest BCUT2D eigenvalue weighted by atomic mass is 16.7. The van der Waals surface area contributed by atoms with Crippen molar-refractivity contribution in [3.63, 3.8) is 0 Å². The summed E-state index contributed by atoms with van der Waals surface area (Å²) in [5.41, 5.74) is 0. The van der Waals surface area contributed by atoms with Gasteiger partial charge in [0.15, 0.2) is 6.29 Å². The number of nitrogens with one attached hydrogen (secondary N) is 1. The van der Waals surface area contributed by atoms with E-state index < -0.39 is 49.5 Å². The van der Waals surface area contributed by atoms with Crippen molar-refractivity contribution in [2.24, 2.45) is 0 Å². The summed E-state index contributed by atoms with van der Waals surface area (Å²) in [4.78, 5) is 12.8. The van der Waals surface area contributed by atoms with Gasteiger partial charge in [-0.3, -0.25) is 4.79 Å². The van der Waals surface area contributed by atoms with Crippen LogP contribution in [-0.4, -0.2) is 87.5 Å². The Morgan fingerprint density at radius 1 is 0.673 bits per heavy atom. The van der Waals surface area contributed by atoms with Crippen LogP contribution >= 0.6 is 0 Å². The van der Waals surface area contributed by atoms with Gasteiger partial charge in [0.25, 0.3) is 0 Å². The lowest BCUT2D eigenvalue weighted by atomic mass is 9.99. The summed E-state index contributed by atoms with van der Waals surface area (Å²) in [6, 6.07) is -0.861. The molecule has 1 rings (SSSR count). The molecule has 0 aromatic heterocycles. The van der Waals surface area contributed by atoms with Gasteiger partial charge in [0.05, 0.1) is 25.4 Å². The average molecular weight is 732 g/mol. The summed E-state index contributed by atoms with van der Waals surface area (Å²) >= 11 is 0. The molecule has 6 N–H and O–H groups in total. The number of hydrogen-bond acceptors (Lipinski definition) is 8. The SMILES string of the molecule is CC/C=C\C/C=C\C/C=C\C/C=C\CCC(=O)NC(COC1OC(CO)C(O)C(O)C1O)C(O)/C=C/CC/C=C/CCCCCCCCCCCC. The van der Waals surface area contributed by atoms with Crippen LogP contribution in [0.5, 0.6) is 0 Å². The van der Waals surface area contributed by atoms with Gasteiger partial charge in [-0.2, -0.15) is 0 Å². The number of amides is 1. The van der Waals surface area contributed by atoms with Gasteiger partial charge < -0.3 is 40.3 Å². The van der Waals surface area contributed by atoms with Crippen LogP contribution in [0, 0.1) is 0 Å². The van der Waals surface area contributed by atoms with E-state index >= 15 is 0 Å². The number of aliphatic hydroxyl groups is 5. The number of aliphatic hydroxyl groups excluding tert-OH is 5. The fraction of sp³-hybridized carbons (Fsp3) is 0.698. The minimum atomic E-state index is -1.59. The highest BCUT2D eigenvalue weighted by molar-refractivity contribution is 5.76. The largest absolute Gasteiger partial charge is 0.394 e. The van der Waals surface area contributed by atoms with Crippen molar-refractivity contribution < 1.29 is 39.8 Å². The Balaban J connectivity index is 2.52. The third kappa shape index (κ3) is 24.0. The van der Waals surface area contributed by atoms with Crippen LogP contribution in [0.3, 0.4) is 0 Å². The molecule has 52 heavy (non-hydrogen) atoms. The van der Waals surface area contributed by atoms with Gasteiger partial charge in [-0.15, -0.1) is 0 Å². The number of carbonyl (C=O) groups is 1. The summed E-state index contributed by atoms with van der Waals surface area (Å²) in [5, 5.41) is 53.9. The average Bonchev–Trinajstić information content (AvgIpc) is 3.14. The molecule has 7 atom stereocenters. The van der Waals surface area contributed by atoms with E-state index in [1.807, 2.05) is 18.2 Å². The van der Waals surface area contributed by atoms with Crippen LogP contribution in [-0.2, 0) is 14.3 Å². The molecule has 0 saturated carbocycles. The minimum absolute atomic E-state index is 0.213. The molecule has 1 saturated heterocycles. The van der Waals surface area contributed by atoms with Crippen molar-refractivity contribution in [3.8, 4) is 0 Å². The second-order valence-corrected chi connectivity index (χ2v) is 13.7. The molecule has 0 spiro atoms. The summed E-state index contributed by atoms with van der Waals surface area (Å²) in [6.07, 6.45) is 36.7. The predicted molar refractivity (Wildman–Crippen MR) is 212 cm³/mol. The van der Waals surface area contributed by atoms with Crippen molar-refractivity contribution in [2.45, 2.75) is 179 Å². The van der Waals surface area contributed by atoms with E-state index in [1.54, 1.807) is 6.08 Å². The van der Waals surface area contributed by atoms with E-state index in [-0.39, 0.29) is 18.9 Å². The Bertz CT molecular complexity index is 1040. The highest BCUT2D eigenvalue weighted by Crippen LogP contribution is 2.22. The molecule has 1 aliphatic heterocycles. The normalized spacial score (nSPS) is 22.6. The molecule has 9 nitrogen and oxygen atoms in total. The molecule has 1 amide bonds. The van der Waals surface area contributed by atoms with Gasteiger partial charge in [0.1, 0.15) is 24.4 Å². The number of rotatable bonds is 31. The van der Waals surface area contributed by atoms with Crippen LogP contribution in [0.4, 0.5) is 0 Å². The van der Waals surface area contributed by atoms with E-state index in [0.29, 0.717) is 6.42 Å². The fourth-order valence-corrected chi connectivity index (χ4v) is 5.77. The van der Waals surface area contributed by atoms with Crippen molar-refractivity contribution in [1.82, 2.24) is 5.32 Å². The monoisotopic (exact) mass is 732 g/mol. The maximum absolute atomic E-state index is 12.8. The lowest BCUT2D eigenvalue weighted by Gasteiger charge is -2.40. The second kappa shape index (κ2) is 33.2. The van der Waals surface area contributed by atoms with Crippen LogP contribution in [0.15, 0.2) is 72.9 Å². The zero-order chi connectivity index (χ0) is 38.1. The van der Waals surface area contributed by atoms with Crippen LogP contribution in [0.1, 0.15) is 136 Å². The molecule has 0 aromatic carbocycles. The summed E-state index contributed by atoms with van der Waals surface area (Å²) in [5.74, 6) is -0.271. The Hall–Kier alpha value is -2.37. The molecule has 0 bridgehead atoms. The third-order valence-electron chi connectivity index (χ3n) is 9.03. The first kappa shape index (κ1) is 47.7. The standard InChI is InChI=1S/C43H73NO8/c1-3-5-7-9-11-13-15-17-18-19-21-22-24-26-28-30-32-37(46)36(35-51-43-42(50)41(49)40(48)38(34-45)52-43)44-39(47)33-31-29-27-25-23-20-16-14-12-10-8-6-4-2/h6,8,12,14,20,22-24,27,29-30,32,36-38,40-43,45-46,48-50H,3-5,7,9-11,13,15-19,21,25-26,28,31,33-35H2,1-2H3,(H,44,47)/b8-6-,14-12-,23-20-,24-22+,29-27-,32-30+. The number of allylic oxidation sites excluding steroid dienone is 11. The molecule has 298 valence electrons. The number of hydrogen-bond donors (Lipinski definition) is 6. The zero-order valence-electron chi connectivity index (χ0n) is 32.3. The van der Waals surface area contributed by atoms with Gasteiger partial charge >= 0.3 is 0 Å². The Kier molecular flexibility index (Phi) is 30.4. The maximum Gasteiger partial charge on any atom is 0.220 e. The molecule has 1 aliphatic rings. The topological polar surface area (TPSA) is 149 Å². The first-order valence-corrected chi connectivity index (χ1v) is 20.2. The van der Waals surface area contributed by atoms with E-state index in [4.69, 9.17) is 9.47 Å². The van der Waals surface area contributed by atoms with Crippen molar-refractivity contribution in [1.29, 1.82) is 0 Å². The first-order chi connectivity index (χ1) is 25.3. The molecular formula is C43H73NO8. The maximum atomic E-state index is 12.8. The van der Waals surface area contributed by atoms with E-state index in [1.165, 1.54) is 64.2 Å². The molecular weight excluding hydrogens is 658 g/mol. The lowest BCUT2D eigenvalue weighted by molar-refractivity contribution is -0.302. The summed E-state index contributed by atoms with van der Waals surface area (Å²) in [6.45, 7) is 3.56. The molecule has 1 fully saturated rings. The van der Waals surface area contributed by atoms with Gasteiger partial charge in [-0.25, -0.2) is 0 Å². The number of carbonyl (C=O) groups excluding carboxylic acids is 1. The van der Waals surface area contributed by atoms with E-state index in [9.17, 15) is 30.3 Å². The lowest BCUT2D eigenvalue weighted by Crippen LogP contribution is -2.60. The molecule has 1 heterocycles. The molecule has 0 radical (unpaired) electrons. The van der Waals surface area contributed by atoms with Gasteiger partial charge in [-0.05, 0) is 57.8 Å². The van der Waals surface area contributed by atoms with Crippen LogP contribution in [0.2, 0.25) is 0 Å². The smallest absolute Gasteiger partial charge is 0.220 e. The van der Waals surface area contributed by atoms with Crippen molar-refractivity contribution >= 4 is 5.91 Å². The zero-order valence-corrected chi connectivity index (χ0v) is 32.3. The predicted octanol–water partition coefficient (Wildman–Crippen LogP) is 7.44. The molecule has 0 aromatic rings. The van der Waals surface area contributed by atoms with E-state index in [2.05, 4.69) is 67.8 Å². The second-order valence-electron chi connectivity index (χ2n) is 13.7. The fourth-order valence-electron chi connectivity index (χ4n) is 5.77. The quantitative estimate of drug-likeness (QED) is 0.0319. The van der Waals surface area contributed by atoms with Gasteiger partial charge in [0.2, 0.25) is 5.91 Å². The summed E-state index contributed by atoms with van der Waals surface area (Å²) in [7, 11) is 0. The highest BCUT2D eigenvalue weighted by Gasteiger charge is 2.44.